The molecule has 3 heteroatoms. The summed E-state index contributed by atoms with van der Waals surface area (Å²) in [6.07, 6.45) is 1.20. The molecule has 2 atom stereocenters. The van der Waals surface area contributed by atoms with Crippen molar-refractivity contribution < 1.29 is 0 Å². The lowest BCUT2D eigenvalue weighted by atomic mass is 10.0. The van der Waals surface area contributed by atoms with E-state index in [-0.39, 0.29) is 0 Å². The molecule has 0 fully saturated rings. The van der Waals surface area contributed by atoms with Crippen LogP contribution < -0.4 is 5.32 Å². The lowest BCUT2D eigenvalue weighted by Gasteiger charge is -2.29. The number of aryl methyl sites for hydroxylation is 2. The van der Waals surface area contributed by atoms with Gasteiger partial charge in [0.1, 0.15) is 0 Å². The number of hydrogen-bond acceptors (Lipinski definition) is 3. The molecule has 1 aromatic heterocycles. The van der Waals surface area contributed by atoms with Crippen LogP contribution in [0.25, 0.3) is 0 Å². The second-order valence-corrected chi connectivity index (χ2v) is 7.97. The average molecular weight is 289 g/mol. The van der Waals surface area contributed by atoms with Gasteiger partial charge in [-0.2, -0.15) is 0 Å². The Labute approximate surface area is 123 Å². The van der Waals surface area contributed by atoms with Crippen LogP contribution >= 0.6 is 23.1 Å². The number of anilines is 1. The minimum absolute atomic E-state index is 0.457. The standard InChI is InChI=1S/C16H19NS2/c1-10-4-5-14(11(2)8-10)17-15-9-12(3)19-16-13(15)6-7-18-16/h4-8,12,15,17H,9H2,1-3H3/t12-,15?/m0/s1. The molecule has 0 amide bonds. The molecule has 100 valence electrons. The van der Waals surface area contributed by atoms with Crippen molar-refractivity contribution in [2.45, 2.75) is 42.7 Å². The van der Waals surface area contributed by atoms with E-state index in [2.05, 4.69) is 55.7 Å². The second kappa shape index (κ2) is 5.22. The fourth-order valence-corrected chi connectivity index (χ4v) is 5.22. The third-order valence-electron chi connectivity index (χ3n) is 3.62. The zero-order chi connectivity index (χ0) is 13.4. The van der Waals surface area contributed by atoms with Crippen LogP contribution in [0.5, 0.6) is 0 Å². The number of thiophene rings is 1. The highest BCUT2D eigenvalue weighted by molar-refractivity contribution is 8.01. The molecule has 0 saturated heterocycles. The maximum absolute atomic E-state index is 3.74. The molecule has 19 heavy (non-hydrogen) atoms. The highest BCUT2D eigenvalue weighted by Gasteiger charge is 2.26. The van der Waals surface area contributed by atoms with E-state index in [1.165, 1.54) is 33.0 Å². The first-order chi connectivity index (χ1) is 9.13. The van der Waals surface area contributed by atoms with Crippen LogP contribution in [-0.4, -0.2) is 5.25 Å². The van der Waals surface area contributed by atoms with Gasteiger partial charge in [0.2, 0.25) is 0 Å². The molecule has 0 saturated carbocycles. The zero-order valence-electron chi connectivity index (χ0n) is 11.6. The number of nitrogens with one attached hydrogen (secondary N) is 1. The first-order valence-corrected chi connectivity index (χ1v) is 8.47. The van der Waals surface area contributed by atoms with Gasteiger partial charge < -0.3 is 5.32 Å². The average Bonchev–Trinajstić information content (AvgIpc) is 2.80. The fourth-order valence-electron chi connectivity index (χ4n) is 2.65. The number of hydrogen-bond donors (Lipinski definition) is 1. The summed E-state index contributed by atoms with van der Waals surface area (Å²) in [5.74, 6) is 0. The van der Waals surface area contributed by atoms with Crippen molar-refractivity contribution in [1.29, 1.82) is 0 Å². The van der Waals surface area contributed by atoms with Gasteiger partial charge in [0, 0.05) is 10.9 Å². The fraction of sp³-hybridized carbons (Fsp3) is 0.375. The molecular formula is C16H19NS2. The third-order valence-corrected chi connectivity index (χ3v) is 5.97. The van der Waals surface area contributed by atoms with Crippen LogP contribution in [0.1, 0.15) is 36.1 Å². The molecule has 0 aliphatic carbocycles. The van der Waals surface area contributed by atoms with Gasteiger partial charge in [0.15, 0.2) is 0 Å². The molecule has 0 radical (unpaired) electrons. The molecule has 1 unspecified atom stereocenters. The van der Waals surface area contributed by atoms with E-state index in [1.807, 2.05) is 23.1 Å². The SMILES string of the molecule is Cc1ccc(NC2C[C@H](C)Sc3sccc32)c(C)c1. The Morgan fingerprint density at radius 2 is 2.05 bits per heavy atom. The van der Waals surface area contributed by atoms with E-state index < -0.39 is 0 Å². The number of fused-ring (bicyclic) bond motifs is 1. The second-order valence-electron chi connectivity index (χ2n) is 5.34. The Balaban J connectivity index is 1.88. The number of benzene rings is 1. The summed E-state index contributed by atoms with van der Waals surface area (Å²) < 4.78 is 1.49. The van der Waals surface area contributed by atoms with Gasteiger partial charge in [-0.25, -0.2) is 0 Å². The Bertz CT molecular complexity index is 588. The van der Waals surface area contributed by atoms with E-state index in [9.17, 15) is 0 Å². The molecule has 1 aliphatic rings. The molecule has 1 N–H and O–H groups in total. The van der Waals surface area contributed by atoms with Crippen molar-refractivity contribution in [1.82, 2.24) is 0 Å². The van der Waals surface area contributed by atoms with Crippen molar-refractivity contribution in [2.75, 3.05) is 5.32 Å². The molecular weight excluding hydrogens is 270 g/mol. The summed E-state index contributed by atoms with van der Waals surface area (Å²) in [4.78, 5) is 0. The van der Waals surface area contributed by atoms with Gasteiger partial charge in [-0.1, -0.05) is 24.6 Å². The summed E-state index contributed by atoms with van der Waals surface area (Å²) in [5, 5.41) is 6.65. The minimum atomic E-state index is 0.457. The van der Waals surface area contributed by atoms with Crippen LogP contribution in [0.15, 0.2) is 33.9 Å². The van der Waals surface area contributed by atoms with Crippen molar-refractivity contribution >= 4 is 28.8 Å². The molecule has 1 aliphatic heterocycles. The molecule has 1 aromatic carbocycles. The van der Waals surface area contributed by atoms with Crippen LogP contribution in [-0.2, 0) is 0 Å². The first-order valence-electron chi connectivity index (χ1n) is 6.71. The smallest absolute Gasteiger partial charge is 0.0653 e. The number of rotatable bonds is 2. The molecule has 1 nitrogen and oxygen atoms in total. The van der Waals surface area contributed by atoms with Gasteiger partial charge in [-0.3, -0.25) is 0 Å². The van der Waals surface area contributed by atoms with Crippen LogP contribution in [0, 0.1) is 13.8 Å². The highest BCUT2D eigenvalue weighted by atomic mass is 32.2. The van der Waals surface area contributed by atoms with Crippen LogP contribution in [0.2, 0.25) is 0 Å². The van der Waals surface area contributed by atoms with Crippen molar-refractivity contribution in [2.24, 2.45) is 0 Å². The normalized spacial score (nSPS) is 22.1. The van der Waals surface area contributed by atoms with Gasteiger partial charge >= 0.3 is 0 Å². The summed E-state index contributed by atoms with van der Waals surface area (Å²) in [7, 11) is 0. The maximum atomic E-state index is 3.74. The van der Waals surface area contributed by atoms with Crippen molar-refractivity contribution in [3.05, 3.63) is 46.3 Å². The Hall–Kier alpha value is -0.930. The van der Waals surface area contributed by atoms with E-state index >= 15 is 0 Å². The van der Waals surface area contributed by atoms with Crippen molar-refractivity contribution in [3.63, 3.8) is 0 Å². The molecule has 0 bridgehead atoms. The van der Waals surface area contributed by atoms with Gasteiger partial charge in [0.05, 0.1) is 10.3 Å². The predicted octanol–water partition coefficient (Wildman–Crippen LogP) is 5.40. The third kappa shape index (κ3) is 2.67. The van der Waals surface area contributed by atoms with E-state index in [1.54, 1.807) is 0 Å². The lowest BCUT2D eigenvalue weighted by Crippen LogP contribution is -2.19. The molecule has 3 rings (SSSR count). The first kappa shape index (κ1) is 13.1. The van der Waals surface area contributed by atoms with Crippen LogP contribution in [0.4, 0.5) is 5.69 Å². The molecule has 2 aromatic rings. The van der Waals surface area contributed by atoms with Crippen molar-refractivity contribution in [3.8, 4) is 0 Å². The summed E-state index contributed by atoms with van der Waals surface area (Å²) in [5.41, 5.74) is 5.41. The Morgan fingerprint density at radius 3 is 2.84 bits per heavy atom. The summed E-state index contributed by atoms with van der Waals surface area (Å²) >= 11 is 3.89. The minimum Gasteiger partial charge on any atom is -0.378 e. The Morgan fingerprint density at radius 1 is 1.21 bits per heavy atom. The largest absolute Gasteiger partial charge is 0.378 e. The molecule has 0 spiro atoms. The topological polar surface area (TPSA) is 12.0 Å². The van der Waals surface area contributed by atoms with E-state index in [0.717, 1.165) is 0 Å². The maximum Gasteiger partial charge on any atom is 0.0653 e. The van der Waals surface area contributed by atoms with Crippen LogP contribution in [0.3, 0.4) is 0 Å². The summed E-state index contributed by atoms with van der Waals surface area (Å²) in [6, 6.07) is 9.38. The monoisotopic (exact) mass is 289 g/mol. The summed E-state index contributed by atoms with van der Waals surface area (Å²) in [6.45, 7) is 6.65. The highest BCUT2D eigenvalue weighted by Crippen LogP contribution is 2.45. The van der Waals surface area contributed by atoms with E-state index in [4.69, 9.17) is 0 Å². The van der Waals surface area contributed by atoms with Gasteiger partial charge in [0.25, 0.3) is 0 Å². The quantitative estimate of drug-likeness (QED) is 0.794. The van der Waals surface area contributed by atoms with E-state index in [0.29, 0.717) is 11.3 Å². The molecule has 2 heterocycles. The lowest BCUT2D eigenvalue weighted by molar-refractivity contribution is 0.669. The Kier molecular flexibility index (Phi) is 3.59. The zero-order valence-corrected chi connectivity index (χ0v) is 13.2. The van der Waals surface area contributed by atoms with Gasteiger partial charge in [-0.05, 0) is 48.9 Å². The van der Waals surface area contributed by atoms with Gasteiger partial charge in [-0.15, -0.1) is 23.1 Å². The number of thioether (sulfide) groups is 1. The predicted molar refractivity (Wildman–Crippen MR) is 86.5 cm³/mol.